The minimum absolute atomic E-state index is 0.0809. The highest BCUT2D eigenvalue weighted by Crippen LogP contribution is 2.30. The molecule has 2 aromatic rings. The Morgan fingerprint density at radius 1 is 1.20 bits per heavy atom. The minimum Gasteiger partial charge on any atom is -0.361 e. The van der Waals surface area contributed by atoms with E-state index in [9.17, 15) is 4.79 Å². The number of carbonyl (C=O) groups excluding carboxylic acids is 1. The van der Waals surface area contributed by atoms with Crippen LogP contribution in [0.4, 0.5) is 4.79 Å². The Balaban J connectivity index is 1.75. The van der Waals surface area contributed by atoms with Crippen LogP contribution >= 0.6 is 0 Å². The van der Waals surface area contributed by atoms with Gasteiger partial charge in [-0.25, -0.2) is 4.79 Å². The topological polar surface area (TPSA) is 56.9 Å². The van der Waals surface area contributed by atoms with Crippen LogP contribution in [-0.4, -0.2) is 23.6 Å². The van der Waals surface area contributed by atoms with Crippen LogP contribution in [0.1, 0.15) is 5.56 Å². The molecule has 2 amide bonds. The molecule has 0 spiro atoms. The summed E-state index contributed by atoms with van der Waals surface area (Å²) in [7, 11) is 0. The van der Waals surface area contributed by atoms with Crippen molar-refractivity contribution < 1.29 is 4.79 Å². The molecule has 1 saturated heterocycles. The first-order chi connectivity index (χ1) is 9.81. The normalized spacial score (nSPS) is 24.8. The molecule has 1 aromatic carbocycles. The van der Waals surface area contributed by atoms with E-state index in [1.807, 2.05) is 18.3 Å². The number of para-hydroxylation sites is 1. The number of fused-ring (bicyclic) bond motifs is 2. The molecule has 1 fully saturated rings. The third-order valence-corrected chi connectivity index (χ3v) is 4.04. The second-order valence-corrected chi connectivity index (χ2v) is 5.27. The lowest BCUT2D eigenvalue weighted by atomic mass is 9.88. The molecule has 100 valence electrons. The van der Waals surface area contributed by atoms with E-state index in [0.29, 0.717) is 12.5 Å². The fourth-order valence-corrected chi connectivity index (χ4v) is 2.97. The van der Waals surface area contributed by atoms with Gasteiger partial charge in [-0.15, -0.1) is 0 Å². The second-order valence-electron chi connectivity index (χ2n) is 5.27. The third-order valence-electron chi connectivity index (χ3n) is 4.04. The number of nitrogens with one attached hydrogen (secondary N) is 3. The molecule has 1 aliphatic carbocycles. The molecule has 2 aliphatic rings. The van der Waals surface area contributed by atoms with Gasteiger partial charge in [-0.05, 0) is 11.6 Å². The first-order valence-corrected chi connectivity index (χ1v) is 6.82. The lowest BCUT2D eigenvalue weighted by Crippen LogP contribution is -2.54. The van der Waals surface area contributed by atoms with Crippen molar-refractivity contribution in [3.63, 3.8) is 0 Å². The number of H-pyrrole nitrogens is 1. The van der Waals surface area contributed by atoms with Gasteiger partial charge in [-0.2, -0.15) is 0 Å². The van der Waals surface area contributed by atoms with E-state index in [-0.39, 0.29) is 12.1 Å². The lowest BCUT2D eigenvalue weighted by molar-refractivity contribution is 0.226. The van der Waals surface area contributed by atoms with Crippen molar-refractivity contribution in [2.45, 2.75) is 6.04 Å². The first-order valence-electron chi connectivity index (χ1n) is 6.82. The molecule has 2 atom stereocenters. The summed E-state index contributed by atoms with van der Waals surface area (Å²) in [6.45, 7) is 0.699. The number of hydrogen-bond acceptors (Lipinski definition) is 1. The molecule has 4 rings (SSSR count). The molecule has 2 heterocycles. The molecule has 0 bridgehead atoms. The number of aromatic amines is 1. The van der Waals surface area contributed by atoms with Gasteiger partial charge in [-0.3, -0.25) is 0 Å². The number of benzene rings is 1. The zero-order valence-corrected chi connectivity index (χ0v) is 10.9. The summed E-state index contributed by atoms with van der Waals surface area (Å²) >= 11 is 0. The Kier molecular flexibility index (Phi) is 2.42. The van der Waals surface area contributed by atoms with Crippen molar-refractivity contribution in [2.75, 3.05) is 6.54 Å². The van der Waals surface area contributed by atoms with Crippen LogP contribution in [0.25, 0.3) is 16.5 Å². The molecular weight excluding hydrogens is 250 g/mol. The average Bonchev–Trinajstić information content (AvgIpc) is 2.90. The fraction of sp³-hybridized carbons (Fsp3) is 0.188. The maximum Gasteiger partial charge on any atom is 0.315 e. The maximum atomic E-state index is 11.4. The zero-order chi connectivity index (χ0) is 13.5. The summed E-state index contributed by atoms with van der Waals surface area (Å²) in [5.74, 6) is 0.335. The Morgan fingerprint density at radius 3 is 3.05 bits per heavy atom. The number of aromatic nitrogens is 1. The van der Waals surface area contributed by atoms with E-state index in [0.717, 1.165) is 11.1 Å². The second kappa shape index (κ2) is 4.27. The van der Waals surface area contributed by atoms with Gasteiger partial charge >= 0.3 is 6.03 Å². The highest BCUT2D eigenvalue weighted by molar-refractivity contribution is 5.95. The number of rotatable bonds is 1. The maximum absolute atomic E-state index is 11.4. The molecule has 3 N–H and O–H groups in total. The molecule has 4 nitrogen and oxygen atoms in total. The monoisotopic (exact) mass is 265 g/mol. The number of carbonyl (C=O) groups is 1. The summed E-state index contributed by atoms with van der Waals surface area (Å²) < 4.78 is 0. The standard InChI is InChI=1S/C16H15N3O/c20-16-18-8-11-6-5-10(7-15(11)19-16)13-9-17-14-4-2-1-3-12(13)14/h1-7,9,11,15,17H,8H2,(H2,18,19,20). The van der Waals surface area contributed by atoms with Gasteiger partial charge in [-0.1, -0.05) is 36.4 Å². The van der Waals surface area contributed by atoms with Crippen molar-refractivity contribution in [2.24, 2.45) is 5.92 Å². The molecule has 2 unspecified atom stereocenters. The van der Waals surface area contributed by atoms with Crippen LogP contribution in [-0.2, 0) is 0 Å². The number of allylic oxidation sites excluding steroid dienone is 2. The van der Waals surface area contributed by atoms with E-state index in [1.165, 1.54) is 10.9 Å². The van der Waals surface area contributed by atoms with E-state index in [1.54, 1.807) is 0 Å². The Morgan fingerprint density at radius 2 is 2.10 bits per heavy atom. The quantitative estimate of drug-likeness (QED) is 0.728. The van der Waals surface area contributed by atoms with Crippen molar-refractivity contribution in [1.29, 1.82) is 0 Å². The van der Waals surface area contributed by atoms with Crippen LogP contribution in [0, 0.1) is 5.92 Å². The molecule has 1 aliphatic heterocycles. The van der Waals surface area contributed by atoms with Gasteiger partial charge in [0.1, 0.15) is 0 Å². The van der Waals surface area contributed by atoms with E-state index >= 15 is 0 Å². The number of hydrogen-bond donors (Lipinski definition) is 3. The first kappa shape index (κ1) is 11.3. The lowest BCUT2D eigenvalue weighted by Gasteiger charge is -2.31. The van der Waals surface area contributed by atoms with Crippen LogP contribution in [0.3, 0.4) is 0 Å². The summed E-state index contributed by atoms with van der Waals surface area (Å²) in [5.41, 5.74) is 3.47. The fourth-order valence-electron chi connectivity index (χ4n) is 2.97. The molecule has 4 heteroatoms. The Hall–Kier alpha value is -2.49. The van der Waals surface area contributed by atoms with E-state index in [2.05, 4.69) is 46.0 Å². The molecular formula is C16H15N3O. The van der Waals surface area contributed by atoms with Crippen LogP contribution < -0.4 is 10.6 Å². The van der Waals surface area contributed by atoms with Gasteiger partial charge in [0.15, 0.2) is 0 Å². The Bertz CT molecular complexity index is 741. The van der Waals surface area contributed by atoms with E-state index in [4.69, 9.17) is 0 Å². The van der Waals surface area contributed by atoms with Crippen LogP contribution in [0.5, 0.6) is 0 Å². The highest BCUT2D eigenvalue weighted by Gasteiger charge is 2.27. The number of amides is 2. The molecule has 0 radical (unpaired) electrons. The van der Waals surface area contributed by atoms with Crippen LogP contribution in [0.15, 0.2) is 48.7 Å². The molecule has 1 aromatic heterocycles. The predicted octanol–water partition coefficient (Wildman–Crippen LogP) is 2.42. The Labute approximate surface area is 116 Å². The summed E-state index contributed by atoms with van der Waals surface area (Å²) in [6.07, 6.45) is 8.51. The summed E-state index contributed by atoms with van der Waals surface area (Å²) in [5, 5.41) is 7.00. The SMILES string of the molecule is O=C1NCC2C=CC(c3c[nH]c4ccccc34)=CC2N1. The third kappa shape index (κ3) is 1.72. The molecule has 0 saturated carbocycles. The largest absolute Gasteiger partial charge is 0.361 e. The van der Waals surface area contributed by atoms with Gasteiger partial charge in [0.25, 0.3) is 0 Å². The highest BCUT2D eigenvalue weighted by atomic mass is 16.2. The number of urea groups is 1. The molecule has 20 heavy (non-hydrogen) atoms. The predicted molar refractivity (Wildman–Crippen MR) is 79.2 cm³/mol. The summed E-state index contributed by atoms with van der Waals surface area (Å²) in [4.78, 5) is 14.7. The van der Waals surface area contributed by atoms with Gasteiger partial charge < -0.3 is 15.6 Å². The van der Waals surface area contributed by atoms with Crippen molar-refractivity contribution in [1.82, 2.24) is 15.6 Å². The van der Waals surface area contributed by atoms with Gasteiger partial charge in [0.2, 0.25) is 0 Å². The van der Waals surface area contributed by atoms with Gasteiger partial charge in [0.05, 0.1) is 6.04 Å². The smallest absolute Gasteiger partial charge is 0.315 e. The van der Waals surface area contributed by atoms with Crippen molar-refractivity contribution in [3.8, 4) is 0 Å². The van der Waals surface area contributed by atoms with E-state index < -0.39 is 0 Å². The minimum atomic E-state index is -0.0870. The van der Waals surface area contributed by atoms with Gasteiger partial charge in [0, 0.05) is 35.1 Å². The van der Waals surface area contributed by atoms with Crippen LogP contribution in [0.2, 0.25) is 0 Å². The van der Waals surface area contributed by atoms with Crippen molar-refractivity contribution >= 4 is 22.5 Å². The average molecular weight is 265 g/mol. The summed E-state index contributed by atoms with van der Waals surface area (Å²) in [6, 6.07) is 8.25. The van der Waals surface area contributed by atoms with Crippen molar-refractivity contribution in [3.05, 3.63) is 54.3 Å². The zero-order valence-electron chi connectivity index (χ0n) is 10.9.